The summed E-state index contributed by atoms with van der Waals surface area (Å²) in [4.78, 5) is 6.91. The molecule has 1 heterocycles. The van der Waals surface area contributed by atoms with Crippen LogP contribution in [0.4, 0.5) is 0 Å². The number of ether oxygens (including phenoxy) is 2. The first-order chi connectivity index (χ1) is 12.8. The van der Waals surface area contributed by atoms with Gasteiger partial charge in [-0.05, 0) is 24.8 Å². The number of rotatable bonds is 7. The summed E-state index contributed by atoms with van der Waals surface area (Å²) in [6, 6.07) is 14.4. The molecule has 27 heavy (non-hydrogen) atoms. The molecule has 1 atom stereocenters. The Morgan fingerprint density at radius 1 is 1.26 bits per heavy atom. The Morgan fingerprint density at radius 2 is 2.07 bits per heavy atom. The quantitative estimate of drug-likeness (QED) is 0.282. The summed E-state index contributed by atoms with van der Waals surface area (Å²) in [7, 11) is 2.09. The SMILES string of the molecule is CCNC(=NCCOc1cccc2ccccc12)N(C)CC1CCOC1.I. The van der Waals surface area contributed by atoms with Gasteiger partial charge >= 0.3 is 0 Å². The lowest BCUT2D eigenvalue weighted by Gasteiger charge is -2.24. The van der Waals surface area contributed by atoms with Gasteiger partial charge in [0.05, 0.1) is 13.2 Å². The van der Waals surface area contributed by atoms with E-state index in [0.717, 1.165) is 49.8 Å². The molecule has 0 bridgehead atoms. The van der Waals surface area contributed by atoms with Gasteiger partial charge in [0.15, 0.2) is 5.96 Å². The van der Waals surface area contributed by atoms with Crippen LogP contribution < -0.4 is 10.1 Å². The van der Waals surface area contributed by atoms with Crippen LogP contribution in [-0.4, -0.2) is 57.4 Å². The number of halogens is 1. The van der Waals surface area contributed by atoms with Crippen molar-refractivity contribution < 1.29 is 9.47 Å². The molecule has 0 aliphatic carbocycles. The third kappa shape index (κ3) is 6.24. The minimum absolute atomic E-state index is 0. The number of fused-ring (bicyclic) bond motifs is 1. The van der Waals surface area contributed by atoms with Gasteiger partial charge in [-0.1, -0.05) is 36.4 Å². The average Bonchev–Trinajstić information content (AvgIpc) is 3.17. The maximum atomic E-state index is 5.99. The van der Waals surface area contributed by atoms with Crippen LogP contribution in [0, 0.1) is 5.92 Å². The van der Waals surface area contributed by atoms with Crippen molar-refractivity contribution in [3.63, 3.8) is 0 Å². The Labute approximate surface area is 179 Å². The highest BCUT2D eigenvalue weighted by Crippen LogP contribution is 2.24. The van der Waals surface area contributed by atoms with Gasteiger partial charge in [0.25, 0.3) is 0 Å². The molecule has 6 heteroatoms. The van der Waals surface area contributed by atoms with Gasteiger partial charge < -0.3 is 19.7 Å². The molecule has 0 saturated carbocycles. The first kappa shape index (κ1) is 21.8. The summed E-state index contributed by atoms with van der Waals surface area (Å²) in [6.07, 6.45) is 1.13. The Balaban J connectivity index is 0.00000261. The molecule has 2 aromatic carbocycles. The molecule has 0 aromatic heterocycles. The second kappa shape index (κ2) is 11.3. The summed E-state index contributed by atoms with van der Waals surface area (Å²) < 4.78 is 11.5. The van der Waals surface area contributed by atoms with Crippen molar-refractivity contribution in [1.82, 2.24) is 10.2 Å². The number of hydrogen-bond donors (Lipinski definition) is 1. The fourth-order valence-electron chi connectivity index (χ4n) is 3.30. The molecule has 3 rings (SSSR count). The Morgan fingerprint density at radius 3 is 2.85 bits per heavy atom. The van der Waals surface area contributed by atoms with Crippen molar-refractivity contribution >= 4 is 40.7 Å². The predicted molar refractivity (Wildman–Crippen MR) is 122 cm³/mol. The summed E-state index contributed by atoms with van der Waals surface area (Å²) in [5.74, 6) is 2.44. The van der Waals surface area contributed by atoms with E-state index >= 15 is 0 Å². The molecule has 2 aromatic rings. The first-order valence-electron chi connectivity index (χ1n) is 9.45. The molecule has 0 radical (unpaired) electrons. The van der Waals surface area contributed by atoms with Crippen molar-refractivity contribution in [3.05, 3.63) is 42.5 Å². The standard InChI is InChI=1S/C21H29N3O2.HI/c1-3-22-21(24(2)15-17-11-13-25-16-17)23-12-14-26-20-10-6-8-18-7-4-5-9-19(18)20;/h4-10,17H,3,11-16H2,1-2H3,(H,22,23);1H. The number of nitrogens with zero attached hydrogens (tertiary/aromatic N) is 2. The highest BCUT2D eigenvalue weighted by Gasteiger charge is 2.18. The minimum atomic E-state index is 0. The maximum Gasteiger partial charge on any atom is 0.193 e. The van der Waals surface area contributed by atoms with Crippen LogP contribution in [0.25, 0.3) is 10.8 Å². The number of benzene rings is 2. The van der Waals surface area contributed by atoms with E-state index in [0.29, 0.717) is 19.1 Å². The van der Waals surface area contributed by atoms with Crippen molar-refractivity contribution in [1.29, 1.82) is 0 Å². The molecular weight excluding hydrogens is 453 g/mol. The summed E-state index contributed by atoms with van der Waals surface area (Å²) in [5.41, 5.74) is 0. The second-order valence-corrected chi connectivity index (χ2v) is 6.67. The van der Waals surface area contributed by atoms with E-state index < -0.39 is 0 Å². The van der Waals surface area contributed by atoms with Crippen LogP contribution in [0.2, 0.25) is 0 Å². The van der Waals surface area contributed by atoms with E-state index in [1.807, 2.05) is 24.3 Å². The van der Waals surface area contributed by atoms with Crippen LogP contribution in [0.1, 0.15) is 13.3 Å². The molecule has 1 fully saturated rings. The van der Waals surface area contributed by atoms with Crippen molar-refractivity contribution in [2.75, 3.05) is 46.5 Å². The average molecular weight is 483 g/mol. The van der Waals surface area contributed by atoms with Crippen molar-refractivity contribution in [3.8, 4) is 5.75 Å². The molecule has 1 N–H and O–H groups in total. The van der Waals surface area contributed by atoms with Crippen LogP contribution in [0.5, 0.6) is 5.75 Å². The van der Waals surface area contributed by atoms with Crippen LogP contribution in [0.3, 0.4) is 0 Å². The van der Waals surface area contributed by atoms with Crippen LogP contribution in [-0.2, 0) is 4.74 Å². The van der Waals surface area contributed by atoms with Gasteiger partial charge in [-0.25, -0.2) is 4.99 Å². The first-order valence-corrected chi connectivity index (χ1v) is 9.45. The third-order valence-corrected chi connectivity index (χ3v) is 4.61. The van der Waals surface area contributed by atoms with Crippen LogP contribution in [0.15, 0.2) is 47.5 Å². The second-order valence-electron chi connectivity index (χ2n) is 6.67. The fraction of sp³-hybridized carbons (Fsp3) is 0.476. The number of nitrogens with one attached hydrogen (secondary N) is 1. The number of aliphatic imine (C=N–C) groups is 1. The molecule has 1 aliphatic heterocycles. The van der Waals surface area contributed by atoms with Crippen molar-refractivity contribution in [2.45, 2.75) is 13.3 Å². The monoisotopic (exact) mass is 483 g/mol. The van der Waals surface area contributed by atoms with Gasteiger partial charge in [-0.3, -0.25) is 0 Å². The van der Waals surface area contributed by atoms with Gasteiger partial charge in [0.1, 0.15) is 12.4 Å². The van der Waals surface area contributed by atoms with E-state index in [1.54, 1.807) is 0 Å². The Bertz CT molecular complexity index is 727. The van der Waals surface area contributed by atoms with Gasteiger partial charge in [0, 0.05) is 38.0 Å². The van der Waals surface area contributed by atoms with Gasteiger partial charge in [0.2, 0.25) is 0 Å². The van der Waals surface area contributed by atoms with E-state index in [1.165, 1.54) is 5.39 Å². The van der Waals surface area contributed by atoms with Crippen molar-refractivity contribution in [2.24, 2.45) is 10.9 Å². The number of guanidine groups is 1. The zero-order chi connectivity index (χ0) is 18.2. The molecule has 1 saturated heterocycles. The minimum Gasteiger partial charge on any atom is -0.491 e. The lowest BCUT2D eigenvalue weighted by molar-refractivity contribution is 0.181. The van der Waals surface area contributed by atoms with Gasteiger partial charge in [-0.2, -0.15) is 0 Å². The topological polar surface area (TPSA) is 46.1 Å². The number of hydrogen-bond acceptors (Lipinski definition) is 3. The molecule has 1 unspecified atom stereocenters. The smallest absolute Gasteiger partial charge is 0.193 e. The highest BCUT2D eigenvalue weighted by atomic mass is 127. The predicted octanol–water partition coefficient (Wildman–Crippen LogP) is 3.77. The van der Waals surface area contributed by atoms with E-state index in [2.05, 4.69) is 42.4 Å². The Hall–Kier alpha value is -1.54. The van der Waals surface area contributed by atoms with Gasteiger partial charge in [-0.15, -0.1) is 24.0 Å². The summed E-state index contributed by atoms with van der Waals surface area (Å²) >= 11 is 0. The van der Waals surface area contributed by atoms with Crippen LogP contribution >= 0.6 is 24.0 Å². The molecule has 0 amide bonds. The lowest BCUT2D eigenvalue weighted by Crippen LogP contribution is -2.41. The normalized spacial score (nSPS) is 16.8. The Kier molecular flexibility index (Phi) is 9.14. The highest BCUT2D eigenvalue weighted by molar-refractivity contribution is 14.0. The molecule has 0 spiro atoms. The maximum absolute atomic E-state index is 5.99. The zero-order valence-electron chi connectivity index (χ0n) is 16.2. The van der Waals surface area contributed by atoms with E-state index in [9.17, 15) is 0 Å². The van der Waals surface area contributed by atoms with E-state index in [-0.39, 0.29) is 24.0 Å². The molecular formula is C21H30IN3O2. The lowest BCUT2D eigenvalue weighted by atomic mass is 10.1. The molecule has 148 valence electrons. The van der Waals surface area contributed by atoms with E-state index in [4.69, 9.17) is 14.5 Å². The summed E-state index contributed by atoms with van der Waals surface area (Å²) in [6.45, 7) is 6.83. The zero-order valence-corrected chi connectivity index (χ0v) is 18.5. The summed E-state index contributed by atoms with van der Waals surface area (Å²) in [5, 5.41) is 5.70. The largest absolute Gasteiger partial charge is 0.491 e. The third-order valence-electron chi connectivity index (χ3n) is 4.61. The fourth-order valence-corrected chi connectivity index (χ4v) is 3.30. The molecule has 5 nitrogen and oxygen atoms in total. The molecule has 1 aliphatic rings.